The van der Waals surface area contributed by atoms with E-state index in [1.165, 1.54) is 6.20 Å². The Morgan fingerprint density at radius 3 is 2.61 bits per heavy atom. The lowest BCUT2D eigenvalue weighted by Gasteiger charge is -2.33. The smallest absolute Gasteiger partial charge is 0.310 e. The van der Waals surface area contributed by atoms with Gasteiger partial charge >= 0.3 is 5.69 Å². The minimum Gasteiger partial charge on any atom is -0.365 e. The fourth-order valence-electron chi connectivity index (χ4n) is 2.01. The highest BCUT2D eigenvalue weighted by Gasteiger charge is 2.35. The van der Waals surface area contributed by atoms with Crippen molar-refractivity contribution >= 4 is 11.4 Å². The van der Waals surface area contributed by atoms with Crippen molar-refractivity contribution in [2.24, 2.45) is 0 Å². The second-order valence-electron chi connectivity index (χ2n) is 4.41. The van der Waals surface area contributed by atoms with Gasteiger partial charge in [-0.3, -0.25) is 15.1 Å². The molecule has 0 atom stereocenters. The molecular formula is C11H13F2N3O2. The number of aromatic nitrogens is 1. The lowest BCUT2D eigenvalue weighted by Crippen LogP contribution is -2.39. The SMILES string of the molecule is Cc1cc(N2CCC(F)(F)CC2)c([N+](=O)[O-])cn1. The Morgan fingerprint density at radius 1 is 1.44 bits per heavy atom. The second kappa shape index (κ2) is 4.47. The monoisotopic (exact) mass is 257 g/mol. The van der Waals surface area contributed by atoms with Crippen LogP contribution in [0.15, 0.2) is 12.3 Å². The molecule has 2 rings (SSSR count). The van der Waals surface area contributed by atoms with Crippen molar-refractivity contribution in [3.05, 3.63) is 28.1 Å². The molecule has 0 spiro atoms. The van der Waals surface area contributed by atoms with Crippen molar-refractivity contribution in [1.29, 1.82) is 0 Å². The third kappa shape index (κ3) is 2.55. The molecule has 0 aromatic carbocycles. The quantitative estimate of drug-likeness (QED) is 0.603. The molecule has 5 nitrogen and oxygen atoms in total. The Labute approximate surface area is 103 Å². The Kier molecular flexibility index (Phi) is 3.14. The normalized spacial score (nSPS) is 18.7. The zero-order valence-electron chi connectivity index (χ0n) is 9.90. The predicted molar refractivity (Wildman–Crippen MR) is 62.0 cm³/mol. The Bertz CT molecular complexity index is 469. The zero-order valence-corrected chi connectivity index (χ0v) is 9.90. The van der Waals surface area contributed by atoms with Crippen molar-refractivity contribution in [3.63, 3.8) is 0 Å². The molecule has 0 radical (unpaired) electrons. The summed E-state index contributed by atoms with van der Waals surface area (Å²) in [5, 5.41) is 10.9. The Hall–Kier alpha value is -1.79. The Balaban J connectivity index is 2.28. The highest BCUT2D eigenvalue weighted by molar-refractivity contribution is 5.63. The average molecular weight is 257 g/mol. The fraction of sp³-hybridized carbons (Fsp3) is 0.545. The van der Waals surface area contributed by atoms with Crippen molar-refractivity contribution < 1.29 is 13.7 Å². The van der Waals surface area contributed by atoms with Crippen LogP contribution in [0.1, 0.15) is 18.5 Å². The lowest BCUT2D eigenvalue weighted by atomic mass is 10.1. The minimum atomic E-state index is -2.66. The summed E-state index contributed by atoms with van der Waals surface area (Å²) in [7, 11) is 0. The number of pyridine rings is 1. The van der Waals surface area contributed by atoms with Gasteiger partial charge in [-0.25, -0.2) is 8.78 Å². The van der Waals surface area contributed by atoms with Gasteiger partial charge in [0, 0.05) is 31.6 Å². The molecule has 0 N–H and O–H groups in total. The highest BCUT2D eigenvalue weighted by Crippen LogP contribution is 2.34. The Morgan fingerprint density at radius 2 is 2.06 bits per heavy atom. The molecule has 7 heteroatoms. The van der Waals surface area contributed by atoms with E-state index in [1.807, 2.05) is 0 Å². The first-order valence-electron chi connectivity index (χ1n) is 5.63. The van der Waals surface area contributed by atoms with Crippen LogP contribution in [0.5, 0.6) is 0 Å². The molecule has 0 saturated carbocycles. The summed E-state index contributed by atoms with van der Waals surface area (Å²) in [6.45, 7) is 1.96. The topological polar surface area (TPSA) is 59.3 Å². The average Bonchev–Trinajstić information content (AvgIpc) is 2.28. The number of hydrogen-bond acceptors (Lipinski definition) is 4. The number of rotatable bonds is 2. The summed E-state index contributed by atoms with van der Waals surface area (Å²) < 4.78 is 26.1. The van der Waals surface area contributed by atoms with E-state index < -0.39 is 10.8 Å². The van der Waals surface area contributed by atoms with E-state index in [1.54, 1.807) is 17.9 Å². The highest BCUT2D eigenvalue weighted by atomic mass is 19.3. The van der Waals surface area contributed by atoms with E-state index in [4.69, 9.17) is 0 Å². The summed E-state index contributed by atoms with van der Waals surface area (Å²) in [6, 6.07) is 1.57. The first-order valence-corrected chi connectivity index (χ1v) is 5.63. The summed E-state index contributed by atoms with van der Waals surface area (Å²) >= 11 is 0. The molecule has 1 aliphatic rings. The molecule has 1 fully saturated rings. The van der Waals surface area contributed by atoms with Crippen LogP contribution in [0, 0.1) is 17.0 Å². The minimum absolute atomic E-state index is 0.122. The van der Waals surface area contributed by atoms with Gasteiger partial charge in [-0.1, -0.05) is 0 Å². The number of piperidine rings is 1. The van der Waals surface area contributed by atoms with Gasteiger partial charge in [0.05, 0.1) is 4.92 Å². The number of anilines is 1. The van der Waals surface area contributed by atoms with Crippen LogP contribution in [0.2, 0.25) is 0 Å². The third-order valence-electron chi connectivity index (χ3n) is 3.03. The number of alkyl halides is 2. The maximum atomic E-state index is 13.1. The molecule has 2 heterocycles. The second-order valence-corrected chi connectivity index (χ2v) is 4.41. The van der Waals surface area contributed by atoms with Crippen LogP contribution in [0.3, 0.4) is 0 Å². The van der Waals surface area contributed by atoms with Crippen LogP contribution >= 0.6 is 0 Å². The molecule has 1 aromatic heterocycles. The van der Waals surface area contributed by atoms with E-state index in [0.29, 0.717) is 11.4 Å². The standard InChI is InChI=1S/C11H13F2N3O2/c1-8-6-9(10(7-14-8)16(17)18)15-4-2-11(12,13)3-5-15/h6-7H,2-5H2,1H3. The van der Waals surface area contributed by atoms with Gasteiger partial charge in [0.2, 0.25) is 0 Å². The first kappa shape index (κ1) is 12.7. The van der Waals surface area contributed by atoms with E-state index >= 15 is 0 Å². The van der Waals surface area contributed by atoms with E-state index in [9.17, 15) is 18.9 Å². The number of nitrogens with zero attached hydrogens (tertiary/aromatic N) is 3. The number of nitro groups is 1. The molecule has 1 aromatic rings. The summed E-state index contributed by atoms with van der Waals surface area (Å²) in [4.78, 5) is 15.9. The van der Waals surface area contributed by atoms with Crippen molar-refractivity contribution in [2.75, 3.05) is 18.0 Å². The van der Waals surface area contributed by atoms with E-state index in [0.717, 1.165) is 0 Å². The van der Waals surface area contributed by atoms with Gasteiger partial charge < -0.3 is 4.90 Å². The maximum Gasteiger partial charge on any atom is 0.310 e. The van der Waals surface area contributed by atoms with Gasteiger partial charge in [0.25, 0.3) is 5.92 Å². The van der Waals surface area contributed by atoms with Crippen LogP contribution in [-0.2, 0) is 0 Å². The molecule has 98 valence electrons. The number of hydrogen-bond donors (Lipinski definition) is 0. The van der Waals surface area contributed by atoms with E-state index in [-0.39, 0.29) is 31.6 Å². The van der Waals surface area contributed by atoms with Gasteiger partial charge in [-0.2, -0.15) is 0 Å². The molecule has 0 amide bonds. The molecular weight excluding hydrogens is 244 g/mol. The van der Waals surface area contributed by atoms with Gasteiger partial charge in [0.15, 0.2) is 0 Å². The number of aryl methyl sites for hydroxylation is 1. The maximum absolute atomic E-state index is 13.1. The summed E-state index contributed by atoms with van der Waals surface area (Å²) in [5.41, 5.74) is 0.877. The predicted octanol–water partition coefficient (Wildman–Crippen LogP) is 2.53. The van der Waals surface area contributed by atoms with Gasteiger partial charge in [0.1, 0.15) is 11.9 Å². The van der Waals surface area contributed by atoms with Crippen LogP contribution in [0.25, 0.3) is 0 Å². The third-order valence-corrected chi connectivity index (χ3v) is 3.03. The molecule has 0 aliphatic carbocycles. The van der Waals surface area contributed by atoms with Crippen LogP contribution in [0.4, 0.5) is 20.2 Å². The van der Waals surface area contributed by atoms with Crippen molar-refractivity contribution in [3.8, 4) is 0 Å². The van der Waals surface area contributed by atoms with Gasteiger partial charge in [-0.05, 0) is 13.0 Å². The van der Waals surface area contributed by atoms with Crippen LogP contribution in [-0.4, -0.2) is 28.9 Å². The van der Waals surface area contributed by atoms with E-state index in [2.05, 4.69) is 4.98 Å². The fourth-order valence-corrected chi connectivity index (χ4v) is 2.01. The lowest BCUT2D eigenvalue weighted by molar-refractivity contribution is -0.384. The van der Waals surface area contributed by atoms with Crippen molar-refractivity contribution in [1.82, 2.24) is 4.98 Å². The summed E-state index contributed by atoms with van der Waals surface area (Å²) in [6.07, 6.45) is 0.633. The molecule has 0 unspecified atom stereocenters. The molecule has 1 saturated heterocycles. The summed E-state index contributed by atoms with van der Waals surface area (Å²) in [5.74, 6) is -2.66. The first-order chi connectivity index (χ1) is 8.39. The molecule has 1 aliphatic heterocycles. The molecule has 0 bridgehead atoms. The number of halogens is 2. The van der Waals surface area contributed by atoms with Gasteiger partial charge in [-0.15, -0.1) is 0 Å². The largest absolute Gasteiger partial charge is 0.365 e. The van der Waals surface area contributed by atoms with Crippen molar-refractivity contribution in [2.45, 2.75) is 25.7 Å². The zero-order chi connectivity index (χ0) is 13.3. The molecule has 18 heavy (non-hydrogen) atoms. The van der Waals surface area contributed by atoms with Crippen LogP contribution < -0.4 is 4.90 Å².